The molecule has 0 heterocycles. The van der Waals surface area contributed by atoms with Crippen molar-refractivity contribution in [2.75, 3.05) is 6.54 Å². The maximum absolute atomic E-state index is 6.20. The lowest BCUT2D eigenvalue weighted by atomic mass is 10.1. The van der Waals surface area contributed by atoms with E-state index in [0.29, 0.717) is 5.02 Å². The third-order valence-corrected chi connectivity index (χ3v) is 4.72. The molecular weight excluding hydrogens is 309 g/mol. The van der Waals surface area contributed by atoms with Crippen molar-refractivity contribution in [2.24, 2.45) is 0 Å². The Morgan fingerprint density at radius 2 is 1.90 bits per heavy atom. The molecule has 0 unspecified atom stereocenters. The van der Waals surface area contributed by atoms with Gasteiger partial charge in [-0.1, -0.05) is 48.0 Å². The summed E-state index contributed by atoms with van der Waals surface area (Å²) in [7, 11) is 0. The third-order valence-electron chi connectivity index (χ3n) is 3.00. The maximum Gasteiger partial charge on any atom is 0.0546 e. The quantitative estimate of drug-likeness (QED) is 0.772. The number of hydrogen-bond acceptors (Lipinski definition) is 2. The van der Waals surface area contributed by atoms with Gasteiger partial charge in [0.15, 0.2) is 0 Å². The molecule has 0 fully saturated rings. The van der Waals surface area contributed by atoms with Crippen molar-refractivity contribution in [3.05, 3.63) is 57.6 Å². The number of rotatable bonds is 5. The van der Waals surface area contributed by atoms with E-state index < -0.39 is 0 Å². The van der Waals surface area contributed by atoms with Gasteiger partial charge in [0.1, 0.15) is 0 Å². The largest absolute Gasteiger partial charge is 0.313 e. The second-order valence-electron chi connectivity index (χ2n) is 4.55. The molecule has 2 aromatic rings. The minimum atomic E-state index is 0.706. The molecule has 0 aliphatic heterocycles. The number of aryl methyl sites for hydroxylation is 1. The zero-order valence-electron chi connectivity index (χ0n) is 11.5. The van der Waals surface area contributed by atoms with E-state index in [0.717, 1.165) is 23.0 Å². The molecule has 0 spiro atoms. The minimum absolute atomic E-state index is 0.706. The average molecular weight is 326 g/mol. The SMILES string of the molecule is CCNCc1ccc(Sc2cc(Cl)ccc2Cl)cc1C. The normalized spacial score (nSPS) is 10.8. The summed E-state index contributed by atoms with van der Waals surface area (Å²) >= 11 is 13.9. The Morgan fingerprint density at radius 3 is 2.60 bits per heavy atom. The number of hydrogen-bond donors (Lipinski definition) is 1. The molecule has 4 heteroatoms. The molecule has 1 nitrogen and oxygen atoms in total. The number of nitrogens with one attached hydrogen (secondary N) is 1. The number of halogens is 2. The molecule has 106 valence electrons. The molecule has 0 radical (unpaired) electrons. The molecular formula is C16H17Cl2NS. The minimum Gasteiger partial charge on any atom is -0.313 e. The molecule has 0 saturated heterocycles. The summed E-state index contributed by atoms with van der Waals surface area (Å²) in [5.74, 6) is 0. The van der Waals surface area contributed by atoms with Crippen LogP contribution in [-0.2, 0) is 6.54 Å². The number of benzene rings is 2. The second-order valence-corrected chi connectivity index (χ2v) is 6.50. The van der Waals surface area contributed by atoms with Crippen molar-refractivity contribution >= 4 is 35.0 Å². The Labute approximate surface area is 134 Å². The van der Waals surface area contributed by atoms with E-state index in [1.807, 2.05) is 12.1 Å². The van der Waals surface area contributed by atoms with Crippen LogP contribution < -0.4 is 5.32 Å². The molecule has 0 atom stereocenters. The van der Waals surface area contributed by atoms with Crippen LogP contribution in [-0.4, -0.2) is 6.54 Å². The van der Waals surface area contributed by atoms with Crippen molar-refractivity contribution in [3.8, 4) is 0 Å². The van der Waals surface area contributed by atoms with E-state index >= 15 is 0 Å². The van der Waals surface area contributed by atoms with Gasteiger partial charge in [0, 0.05) is 21.4 Å². The van der Waals surface area contributed by atoms with Crippen molar-refractivity contribution in [3.63, 3.8) is 0 Å². The zero-order chi connectivity index (χ0) is 14.5. The van der Waals surface area contributed by atoms with Crippen molar-refractivity contribution in [1.29, 1.82) is 0 Å². The first kappa shape index (κ1) is 15.7. The Hall–Kier alpha value is -0.670. The van der Waals surface area contributed by atoms with Crippen LogP contribution in [0.1, 0.15) is 18.1 Å². The highest BCUT2D eigenvalue weighted by atomic mass is 35.5. The van der Waals surface area contributed by atoms with E-state index in [4.69, 9.17) is 23.2 Å². The molecule has 2 rings (SSSR count). The van der Waals surface area contributed by atoms with Gasteiger partial charge < -0.3 is 5.32 Å². The second kappa shape index (κ2) is 7.37. The summed E-state index contributed by atoms with van der Waals surface area (Å²) in [5, 5.41) is 4.78. The Morgan fingerprint density at radius 1 is 1.10 bits per heavy atom. The summed E-state index contributed by atoms with van der Waals surface area (Å²) < 4.78 is 0. The Kier molecular flexibility index (Phi) is 5.79. The van der Waals surface area contributed by atoms with Gasteiger partial charge in [0.2, 0.25) is 0 Å². The highest BCUT2D eigenvalue weighted by Crippen LogP contribution is 2.35. The Balaban J connectivity index is 2.17. The highest BCUT2D eigenvalue weighted by Gasteiger charge is 2.06. The molecule has 0 aliphatic rings. The van der Waals surface area contributed by atoms with Gasteiger partial charge in [-0.05, 0) is 54.9 Å². The average Bonchev–Trinajstić information content (AvgIpc) is 2.42. The fraction of sp³-hybridized carbons (Fsp3) is 0.250. The van der Waals surface area contributed by atoms with Crippen LogP contribution in [0.2, 0.25) is 10.0 Å². The molecule has 20 heavy (non-hydrogen) atoms. The fourth-order valence-corrected chi connectivity index (χ4v) is 3.32. The van der Waals surface area contributed by atoms with Gasteiger partial charge >= 0.3 is 0 Å². The van der Waals surface area contributed by atoms with Crippen molar-refractivity contribution < 1.29 is 0 Å². The van der Waals surface area contributed by atoms with Gasteiger partial charge in [-0.2, -0.15) is 0 Å². The molecule has 0 bridgehead atoms. The summed E-state index contributed by atoms with van der Waals surface area (Å²) in [6.07, 6.45) is 0. The van der Waals surface area contributed by atoms with E-state index in [9.17, 15) is 0 Å². The standard InChI is InChI=1S/C16H17Cl2NS/c1-3-19-10-12-4-6-14(8-11(12)2)20-16-9-13(17)5-7-15(16)18/h4-9,19H,3,10H2,1-2H3. The summed E-state index contributed by atoms with van der Waals surface area (Å²) in [5.41, 5.74) is 2.61. The van der Waals surface area contributed by atoms with Crippen LogP contribution in [0.25, 0.3) is 0 Å². The lowest BCUT2D eigenvalue weighted by Gasteiger charge is -2.10. The van der Waals surface area contributed by atoms with Crippen LogP contribution in [0.15, 0.2) is 46.2 Å². The van der Waals surface area contributed by atoms with Crippen LogP contribution in [0.3, 0.4) is 0 Å². The zero-order valence-corrected chi connectivity index (χ0v) is 13.9. The molecule has 1 N–H and O–H groups in total. The first-order valence-electron chi connectivity index (χ1n) is 6.53. The van der Waals surface area contributed by atoms with Crippen molar-refractivity contribution in [2.45, 2.75) is 30.2 Å². The van der Waals surface area contributed by atoms with Gasteiger partial charge in [0.05, 0.1) is 5.02 Å². The topological polar surface area (TPSA) is 12.0 Å². The predicted molar refractivity (Wildman–Crippen MR) is 89.1 cm³/mol. The third kappa shape index (κ3) is 4.16. The summed E-state index contributed by atoms with van der Waals surface area (Å²) in [6.45, 7) is 6.14. The smallest absolute Gasteiger partial charge is 0.0546 e. The fourth-order valence-electron chi connectivity index (χ4n) is 1.87. The van der Waals surface area contributed by atoms with E-state index in [-0.39, 0.29) is 0 Å². The lowest BCUT2D eigenvalue weighted by molar-refractivity contribution is 0.723. The summed E-state index contributed by atoms with van der Waals surface area (Å²) in [4.78, 5) is 2.16. The molecule has 0 aliphatic carbocycles. The van der Waals surface area contributed by atoms with Gasteiger partial charge in [0.25, 0.3) is 0 Å². The van der Waals surface area contributed by atoms with Crippen LogP contribution in [0.4, 0.5) is 0 Å². The monoisotopic (exact) mass is 325 g/mol. The van der Waals surface area contributed by atoms with E-state index in [1.165, 1.54) is 16.0 Å². The molecule has 2 aromatic carbocycles. The van der Waals surface area contributed by atoms with Crippen LogP contribution in [0, 0.1) is 6.92 Å². The Bertz CT molecular complexity index is 599. The van der Waals surface area contributed by atoms with Gasteiger partial charge in [-0.3, -0.25) is 0 Å². The van der Waals surface area contributed by atoms with Crippen molar-refractivity contribution in [1.82, 2.24) is 5.32 Å². The first-order chi connectivity index (χ1) is 9.60. The van der Waals surface area contributed by atoms with Gasteiger partial charge in [-0.25, -0.2) is 0 Å². The van der Waals surface area contributed by atoms with E-state index in [1.54, 1.807) is 17.8 Å². The lowest BCUT2D eigenvalue weighted by Crippen LogP contribution is -2.12. The predicted octanol–water partition coefficient (Wildman–Crippen LogP) is 5.56. The van der Waals surface area contributed by atoms with E-state index in [2.05, 4.69) is 37.4 Å². The molecule has 0 aromatic heterocycles. The highest BCUT2D eigenvalue weighted by molar-refractivity contribution is 7.99. The maximum atomic E-state index is 6.20. The first-order valence-corrected chi connectivity index (χ1v) is 8.10. The van der Waals surface area contributed by atoms with Crippen LogP contribution >= 0.6 is 35.0 Å². The van der Waals surface area contributed by atoms with Crippen LogP contribution in [0.5, 0.6) is 0 Å². The summed E-state index contributed by atoms with van der Waals surface area (Å²) in [6, 6.07) is 12.0. The van der Waals surface area contributed by atoms with Gasteiger partial charge in [-0.15, -0.1) is 0 Å². The molecule has 0 amide bonds. The molecule has 0 saturated carbocycles.